The van der Waals surface area contributed by atoms with Crippen molar-refractivity contribution >= 4 is 15.7 Å². The number of sulfone groups is 1. The average molecular weight is 369 g/mol. The first-order chi connectivity index (χ1) is 11.9. The van der Waals surface area contributed by atoms with E-state index in [-0.39, 0.29) is 23.6 Å². The lowest BCUT2D eigenvalue weighted by atomic mass is 9.65. The molecule has 3 aliphatic carbocycles. The zero-order chi connectivity index (χ0) is 17.7. The van der Waals surface area contributed by atoms with Crippen molar-refractivity contribution in [3.05, 3.63) is 0 Å². The number of fused-ring (bicyclic) bond motifs is 2. The van der Waals surface area contributed by atoms with Gasteiger partial charge in [0.25, 0.3) is 0 Å². The van der Waals surface area contributed by atoms with Crippen LogP contribution in [0.1, 0.15) is 64.2 Å². The standard InChI is InChI=1S/C19H32N2O3S/c20-17-14-5-4-6-15(17)12-16(11-14)18(22)21-9-10-25(23,24)19(13-21)7-2-1-3-8-19/h14-17H,1-13,20H2. The van der Waals surface area contributed by atoms with Gasteiger partial charge in [0.15, 0.2) is 9.84 Å². The Balaban J connectivity index is 1.49. The first kappa shape index (κ1) is 17.8. The van der Waals surface area contributed by atoms with Crippen LogP contribution in [0.15, 0.2) is 0 Å². The van der Waals surface area contributed by atoms with E-state index in [1.165, 1.54) is 6.42 Å². The molecule has 5 nitrogen and oxygen atoms in total. The maximum atomic E-state index is 13.2. The summed E-state index contributed by atoms with van der Waals surface area (Å²) in [4.78, 5) is 15.1. The molecule has 1 aliphatic heterocycles. The molecular weight excluding hydrogens is 336 g/mol. The minimum atomic E-state index is -3.08. The fourth-order valence-electron chi connectivity index (χ4n) is 6.07. The van der Waals surface area contributed by atoms with E-state index >= 15 is 0 Å². The molecular formula is C19H32N2O3S. The second-order valence-corrected chi connectivity index (χ2v) is 11.5. The first-order valence-corrected chi connectivity index (χ1v) is 11.8. The molecule has 1 heterocycles. The Hall–Kier alpha value is -0.620. The number of hydrogen-bond donors (Lipinski definition) is 1. The van der Waals surface area contributed by atoms with Crippen LogP contribution in [0.2, 0.25) is 0 Å². The van der Waals surface area contributed by atoms with Crippen LogP contribution < -0.4 is 5.73 Å². The summed E-state index contributed by atoms with van der Waals surface area (Å²) < 4.78 is 24.8. The largest absolute Gasteiger partial charge is 0.340 e. The van der Waals surface area contributed by atoms with Crippen molar-refractivity contribution in [1.82, 2.24) is 4.90 Å². The number of nitrogens with zero attached hydrogens (tertiary/aromatic N) is 1. The number of carbonyl (C=O) groups excluding carboxylic acids is 1. The Bertz CT molecular complexity index is 613. The van der Waals surface area contributed by atoms with Crippen LogP contribution in [0.25, 0.3) is 0 Å². The zero-order valence-corrected chi connectivity index (χ0v) is 16.0. The molecule has 2 N–H and O–H groups in total. The van der Waals surface area contributed by atoms with Crippen molar-refractivity contribution < 1.29 is 13.2 Å². The van der Waals surface area contributed by atoms with Crippen molar-refractivity contribution in [1.29, 1.82) is 0 Å². The molecule has 4 aliphatic rings. The summed E-state index contributed by atoms with van der Waals surface area (Å²) in [6, 6.07) is 0.268. The summed E-state index contributed by atoms with van der Waals surface area (Å²) in [7, 11) is -3.08. The van der Waals surface area contributed by atoms with Crippen LogP contribution >= 0.6 is 0 Å². The number of hydrogen-bond acceptors (Lipinski definition) is 4. The molecule has 6 heteroatoms. The SMILES string of the molecule is NC1C2CCCC1CC(C(=O)N1CCS(=O)(=O)C3(CCCCC3)C1)C2. The maximum Gasteiger partial charge on any atom is 0.225 e. The number of rotatable bonds is 1. The number of carbonyl (C=O) groups is 1. The Labute approximate surface area is 151 Å². The van der Waals surface area contributed by atoms with Gasteiger partial charge in [-0.2, -0.15) is 0 Å². The van der Waals surface area contributed by atoms with Crippen LogP contribution in [-0.4, -0.2) is 48.9 Å². The van der Waals surface area contributed by atoms with E-state index in [1.54, 1.807) is 0 Å². The molecule has 4 rings (SSSR count). The van der Waals surface area contributed by atoms with Crippen molar-refractivity contribution in [3.8, 4) is 0 Å². The molecule has 4 fully saturated rings. The van der Waals surface area contributed by atoms with E-state index < -0.39 is 14.6 Å². The van der Waals surface area contributed by atoms with Gasteiger partial charge in [0, 0.05) is 25.0 Å². The molecule has 0 aromatic heterocycles. The van der Waals surface area contributed by atoms with Crippen molar-refractivity contribution in [2.45, 2.75) is 75.0 Å². The predicted molar refractivity (Wildman–Crippen MR) is 97.7 cm³/mol. The van der Waals surface area contributed by atoms with Gasteiger partial charge in [-0.25, -0.2) is 8.42 Å². The smallest absolute Gasteiger partial charge is 0.225 e. The molecule has 3 saturated carbocycles. The minimum absolute atomic E-state index is 0.0662. The molecule has 0 aromatic rings. The van der Waals surface area contributed by atoms with E-state index in [9.17, 15) is 13.2 Å². The minimum Gasteiger partial charge on any atom is -0.340 e. The lowest BCUT2D eigenvalue weighted by Crippen LogP contribution is -2.60. The van der Waals surface area contributed by atoms with Crippen LogP contribution in [0.4, 0.5) is 0 Å². The first-order valence-electron chi connectivity index (χ1n) is 10.2. The Morgan fingerprint density at radius 1 is 1.00 bits per heavy atom. The van der Waals surface area contributed by atoms with E-state index in [0.717, 1.165) is 57.8 Å². The Morgan fingerprint density at radius 2 is 1.64 bits per heavy atom. The van der Waals surface area contributed by atoms with Crippen LogP contribution in [0, 0.1) is 17.8 Å². The summed E-state index contributed by atoms with van der Waals surface area (Å²) in [5.41, 5.74) is 6.37. The van der Waals surface area contributed by atoms with Crippen molar-refractivity contribution in [2.75, 3.05) is 18.8 Å². The second kappa shape index (κ2) is 6.52. The summed E-state index contributed by atoms with van der Waals surface area (Å²) in [6.45, 7) is 0.826. The molecule has 1 saturated heterocycles. The van der Waals surface area contributed by atoms with Gasteiger partial charge in [-0.05, 0) is 50.4 Å². The highest BCUT2D eigenvalue weighted by atomic mass is 32.2. The van der Waals surface area contributed by atoms with Crippen molar-refractivity contribution in [3.63, 3.8) is 0 Å². The van der Waals surface area contributed by atoms with E-state index in [1.807, 2.05) is 4.90 Å². The van der Waals surface area contributed by atoms with E-state index in [2.05, 4.69) is 0 Å². The molecule has 142 valence electrons. The molecule has 1 amide bonds. The van der Waals surface area contributed by atoms with E-state index in [4.69, 9.17) is 5.73 Å². The highest BCUT2D eigenvalue weighted by molar-refractivity contribution is 7.92. The summed E-state index contributed by atoms with van der Waals surface area (Å²) >= 11 is 0. The third-order valence-electron chi connectivity index (χ3n) is 7.61. The van der Waals surface area contributed by atoms with Crippen LogP contribution in [-0.2, 0) is 14.6 Å². The zero-order valence-electron chi connectivity index (χ0n) is 15.2. The van der Waals surface area contributed by atoms with Crippen LogP contribution in [0.3, 0.4) is 0 Å². The lowest BCUT2D eigenvalue weighted by Gasteiger charge is -2.48. The number of amides is 1. The number of nitrogens with two attached hydrogens (primary N) is 1. The third-order valence-corrected chi connectivity index (χ3v) is 10.2. The second-order valence-electron chi connectivity index (χ2n) is 9.02. The topological polar surface area (TPSA) is 80.5 Å². The molecule has 1 spiro atoms. The van der Waals surface area contributed by atoms with Gasteiger partial charge in [0.2, 0.25) is 5.91 Å². The molecule has 25 heavy (non-hydrogen) atoms. The van der Waals surface area contributed by atoms with Crippen molar-refractivity contribution in [2.24, 2.45) is 23.5 Å². The fourth-order valence-corrected chi connectivity index (χ4v) is 8.23. The van der Waals surface area contributed by atoms with Crippen LogP contribution in [0.5, 0.6) is 0 Å². The molecule has 0 radical (unpaired) electrons. The monoisotopic (exact) mass is 368 g/mol. The molecule has 2 unspecified atom stereocenters. The molecule has 0 aromatic carbocycles. The summed E-state index contributed by atoms with van der Waals surface area (Å²) in [5.74, 6) is 1.40. The Morgan fingerprint density at radius 3 is 2.28 bits per heavy atom. The summed E-state index contributed by atoms with van der Waals surface area (Å²) in [5, 5.41) is 0. The average Bonchev–Trinajstić information content (AvgIpc) is 2.58. The summed E-state index contributed by atoms with van der Waals surface area (Å²) in [6.07, 6.45) is 9.91. The van der Waals surface area contributed by atoms with Gasteiger partial charge >= 0.3 is 0 Å². The normalized spacial score (nSPS) is 40.0. The Kier molecular flexibility index (Phi) is 4.64. The van der Waals surface area contributed by atoms with Gasteiger partial charge in [-0.15, -0.1) is 0 Å². The highest BCUT2D eigenvalue weighted by Crippen LogP contribution is 2.44. The van der Waals surface area contributed by atoms with Gasteiger partial charge in [0.1, 0.15) is 0 Å². The quantitative estimate of drug-likeness (QED) is 0.768. The van der Waals surface area contributed by atoms with Gasteiger partial charge in [-0.3, -0.25) is 4.79 Å². The molecule has 2 atom stereocenters. The van der Waals surface area contributed by atoms with E-state index in [0.29, 0.717) is 24.9 Å². The highest BCUT2D eigenvalue weighted by Gasteiger charge is 2.50. The fraction of sp³-hybridized carbons (Fsp3) is 0.947. The lowest BCUT2D eigenvalue weighted by molar-refractivity contribution is -0.139. The molecule has 2 bridgehead atoms. The van der Waals surface area contributed by atoms with Gasteiger partial charge in [-0.1, -0.05) is 25.7 Å². The van der Waals surface area contributed by atoms with Gasteiger partial charge < -0.3 is 10.6 Å². The third kappa shape index (κ3) is 3.03. The van der Waals surface area contributed by atoms with Gasteiger partial charge in [0.05, 0.1) is 10.5 Å². The predicted octanol–water partition coefficient (Wildman–Crippen LogP) is 2.10. The maximum absolute atomic E-state index is 13.2.